The minimum atomic E-state index is -0.927. The first kappa shape index (κ1) is 14.4. The van der Waals surface area contributed by atoms with Gasteiger partial charge >= 0.3 is 5.97 Å². The fraction of sp³-hybridized carbons (Fsp3) is 0.429. The molecule has 20 heavy (non-hydrogen) atoms. The van der Waals surface area contributed by atoms with Crippen LogP contribution in [-0.2, 0) is 4.79 Å². The van der Waals surface area contributed by atoms with Crippen LogP contribution in [0.25, 0.3) is 0 Å². The van der Waals surface area contributed by atoms with Crippen LogP contribution in [0.5, 0.6) is 0 Å². The molecule has 1 aliphatic rings. The van der Waals surface area contributed by atoms with Crippen LogP contribution < -0.4 is 5.32 Å². The van der Waals surface area contributed by atoms with E-state index in [1.165, 1.54) is 6.07 Å². The third kappa shape index (κ3) is 2.95. The lowest BCUT2D eigenvalue weighted by molar-refractivity contribution is -0.142. The maximum atomic E-state index is 13.4. The summed E-state index contributed by atoms with van der Waals surface area (Å²) in [6.45, 7) is 0.115. The minimum absolute atomic E-state index is 0.115. The number of nitrogens with one attached hydrogen (secondary N) is 1. The highest BCUT2D eigenvalue weighted by molar-refractivity contribution is 5.94. The van der Waals surface area contributed by atoms with Crippen molar-refractivity contribution in [1.82, 2.24) is 5.32 Å². The number of hydrogen-bond acceptors (Lipinski definition) is 2. The average molecular weight is 283 g/mol. The number of carbonyl (C=O) groups is 2. The standard InChI is InChI=1S/C14H15F2NO3/c15-10-5-2-6-11(16)12(10)13(18)17-7-8-3-1-4-9(8)14(19)20/h2,5-6,8-9H,1,3-4,7H2,(H,17,18)(H,19,20). The molecule has 1 aromatic carbocycles. The minimum Gasteiger partial charge on any atom is -0.481 e. The van der Waals surface area contributed by atoms with E-state index in [9.17, 15) is 18.4 Å². The lowest BCUT2D eigenvalue weighted by Gasteiger charge is -2.16. The highest BCUT2D eigenvalue weighted by atomic mass is 19.1. The third-order valence-corrected chi connectivity index (χ3v) is 3.69. The molecule has 1 saturated carbocycles. The molecule has 0 saturated heterocycles. The second-order valence-corrected chi connectivity index (χ2v) is 4.94. The number of carboxylic acids is 1. The monoisotopic (exact) mass is 283 g/mol. The van der Waals surface area contributed by atoms with E-state index in [4.69, 9.17) is 5.11 Å². The Morgan fingerprint density at radius 2 is 1.90 bits per heavy atom. The lowest BCUT2D eigenvalue weighted by Crippen LogP contribution is -2.33. The molecular weight excluding hydrogens is 268 g/mol. The summed E-state index contributed by atoms with van der Waals surface area (Å²) >= 11 is 0. The summed E-state index contributed by atoms with van der Waals surface area (Å²) in [4.78, 5) is 22.8. The first-order valence-corrected chi connectivity index (χ1v) is 6.45. The number of hydrogen-bond donors (Lipinski definition) is 2. The smallest absolute Gasteiger partial charge is 0.306 e. The van der Waals surface area contributed by atoms with Crippen LogP contribution in [0.2, 0.25) is 0 Å². The molecule has 2 atom stereocenters. The van der Waals surface area contributed by atoms with Crippen molar-refractivity contribution >= 4 is 11.9 Å². The number of halogens is 2. The first-order chi connectivity index (χ1) is 9.50. The Hall–Kier alpha value is -1.98. The molecule has 1 fully saturated rings. The van der Waals surface area contributed by atoms with E-state index in [0.29, 0.717) is 12.8 Å². The number of benzene rings is 1. The van der Waals surface area contributed by atoms with Gasteiger partial charge in [0.15, 0.2) is 0 Å². The van der Waals surface area contributed by atoms with Crippen molar-refractivity contribution < 1.29 is 23.5 Å². The number of aliphatic carboxylic acids is 1. The summed E-state index contributed by atoms with van der Waals surface area (Å²) in [7, 11) is 0. The fourth-order valence-electron chi connectivity index (χ4n) is 2.63. The van der Waals surface area contributed by atoms with E-state index in [1.54, 1.807) is 0 Å². The fourth-order valence-corrected chi connectivity index (χ4v) is 2.63. The van der Waals surface area contributed by atoms with Crippen molar-refractivity contribution in [3.63, 3.8) is 0 Å². The Morgan fingerprint density at radius 3 is 2.50 bits per heavy atom. The van der Waals surface area contributed by atoms with Crippen molar-refractivity contribution in [2.75, 3.05) is 6.54 Å². The molecule has 2 rings (SSSR count). The zero-order chi connectivity index (χ0) is 14.7. The van der Waals surface area contributed by atoms with Crippen LogP contribution in [0, 0.1) is 23.5 Å². The van der Waals surface area contributed by atoms with Crippen LogP contribution in [0.1, 0.15) is 29.6 Å². The normalized spacial score (nSPS) is 21.7. The van der Waals surface area contributed by atoms with Crippen molar-refractivity contribution in [2.45, 2.75) is 19.3 Å². The summed E-state index contributed by atoms with van der Waals surface area (Å²) in [5, 5.41) is 11.4. The van der Waals surface area contributed by atoms with Crippen LogP contribution in [-0.4, -0.2) is 23.5 Å². The average Bonchev–Trinajstić information content (AvgIpc) is 2.84. The second-order valence-electron chi connectivity index (χ2n) is 4.94. The van der Waals surface area contributed by atoms with Gasteiger partial charge in [0, 0.05) is 6.54 Å². The van der Waals surface area contributed by atoms with Crippen LogP contribution in [0.4, 0.5) is 8.78 Å². The summed E-state index contributed by atoms with van der Waals surface area (Å²) in [5.74, 6) is -4.28. The van der Waals surface area contributed by atoms with Crippen LogP contribution >= 0.6 is 0 Å². The predicted octanol–water partition coefficient (Wildman–Crippen LogP) is 2.20. The molecule has 1 aliphatic carbocycles. The second kappa shape index (κ2) is 5.98. The number of carbonyl (C=O) groups excluding carboxylic acids is 1. The van der Waals surface area contributed by atoms with Gasteiger partial charge in [-0.15, -0.1) is 0 Å². The van der Waals surface area contributed by atoms with Gasteiger partial charge in [-0.3, -0.25) is 9.59 Å². The van der Waals surface area contributed by atoms with Crippen molar-refractivity contribution in [2.24, 2.45) is 11.8 Å². The third-order valence-electron chi connectivity index (χ3n) is 3.69. The van der Waals surface area contributed by atoms with Crippen LogP contribution in [0.15, 0.2) is 18.2 Å². The van der Waals surface area contributed by atoms with Gasteiger partial charge in [0.2, 0.25) is 0 Å². The zero-order valence-electron chi connectivity index (χ0n) is 10.7. The molecule has 0 aromatic heterocycles. The molecule has 108 valence electrons. The number of amides is 1. The Balaban J connectivity index is 2.01. The molecule has 4 nitrogen and oxygen atoms in total. The summed E-state index contributed by atoms with van der Waals surface area (Å²) in [6, 6.07) is 3.19. The molecule has 2 N–H and O–H groups in total. The van der Waals surface area contributed by atoms with E-state index in [0.717, 1.165) is 18.6 Å². The van der Waals surface area contributed by atoms with Gasteiger partial charge in [-0.25, -0.2) is 8.78 Å². The molecule has 0 bridgehead atoms. The quantitative estimate of drug-likeness (QED) is 0.890. The number of carboxylic acid groups (broad SMARTS) is 1. The summed E-state index contributed by atoms with van der Waals surface area (Å²) in [6.07, 6.45) is 2.05. The highest BCUT2D eigenvalue weighted by Crippen LogP contribution is 2.31. The van der Waals surface area contributed by atoms with Crippen LogP contribution in [0.3, 0.4) is 0 Å². The van der Waals surface area contributed by atoms with Gasteiger partial charge in [-0.1, -0.05) is 12.5 Å². The van der Waals surface area contributed by atoms with Crippen molar-refractivity contribution in [3.05, 3.63) is 35.4 Å². The molecule has 0 radical (unpaired) electrons. The molecule has 0 spiro atoms. The zero-order valence-corrected chi connectivity index (χ0v) is 10.7. The van der Waals surface area contributed by atoms with E-state index in [-0.39, 0.29) is 12.5 Å². The van der Waals surface area contributed by atoms with Gasteiger partial charge in [0.1, 0.15) is 17.2 Å². The van der Waals surface area contributed by atoms with E-state index < -0.39 is 35.0 Å². The molecule has 6 heteroatoms. The van der Waals surface area contributed by atoms with Gasteiger partial charge in [-0.2, -0.15) is 0 Å². The molecule has 1 aromatic rings. The van der Waals surface area contributed by atoms with E-state index >= 15 is 0 Å². The lowest BCUT2D eigenvalue weighted by atomic mass is 9.96. The van der Waals surface area contributed by atoms with Crippen molar-refractivity contribution in [1.29, 1.82) is 0 Å². The molecule has 0 heterocycles. The molecular formula is C14H15F2NO3. The Bertz CT molecular complexity index is 513. The van der Waals surface area contributed by atoms with Gasteiger partial charge in [-0.05, 0) is 30.9 Å². The Kier molecular flexibility index (Phi) is 4.32. The summed E-state index contributed by atoms with van der Waals surface area (Å²) < 4.78 is 26.8. The Morgan fingerprint density at radius 1 is 1.25 bits per heavy atom. The molecule has 2 unspecified atom stereocenters. The first-order valence-electron chi connectivity index (χ1n) is 6.45. The SMILES string of the molecule is O=C(NCC1CCCC1C(=O)O)c1c(F)cccc1F. The van der Waals surface area contributed by atoms with E-state index in [1.807, 2.05) is 0 Å². The molecule has 1 amide bonds. The maximum Gasteiger partial charge on any atom is 0.306 e. The number of rotatable bonds is 4. The predicted molar refractivity (Wildman–Crippen MR) is 67.2 cm³/mol. The van der Waals surface area contributed by atoms with Gasteiger partial charge in [0.25, 0.3) is 5.91 Å². The van der Waals surface area contributed by atoms with Gasteiger partial charge < -0.3 is 10.4 Å². The topological polar surface area (TPSA) is 66.4 Å². The highest BCUT2D eigenvalue weighted by Gasteiger charge is 2.33. The largest absolute Gasteiger partial charge is 0.481 e. The molecule has 0 aliphatic heterocycles. The van der Waals surface area contributed by atoms with Gasteiger partial charge in [0.05, 0.1) is 5.92 Å². The van der Waals surface area contributed by atoms with E-state index in [2.05, 4.69) is 5.32 Å². The summed E-state index contributed by atoms with van der Waals surface area (Å²) in [5.41, 5.74) is -0.627. The van der Waals surface area contributed by atoms with Crippen molar-refractivity contribution in [3.8, 4) is 0 Å². The Labute approximate surface area is 114 Å². The maximum absolute atomic E-state index is 13.4.